The average Bonchev–Trinajstić information content (AvgIpc) is 3.77. The summed E-state index contributed by atoms with van der Waals surface area (Å²) in [6.45, 7) is 0.322. The van der Waals surface area contributed by atoms with Crippen LogP contribution in [0.1, 0.15) is 36.8 Å². The number of aromatic nitrogens is 2. The van der Waals surface area contributed by atoms with Crippen LogP contribution in [0.25, 0.3) is 21.8 Å². The van der Waals surface area contributed by atoms with Crippen LogP contribution in [0.15, 0.2) is 60.9 Å². The zero-order valence-electron chi connectivity index (χ0n) is 24.6. The third-order valence-electron chi connectivity index (χ3n) is 8.30. The number of carboxylic acid groups (broad SMARTS) is 1. The zero-order chi connectivity index (χ0) is 32.1. The topological polar surface area (TPSA) is 216 Å². The van der Waals surface area contributed by atoms with Gasteiger partial charge in [-0.25, -0.2) is 4.79 Å². The number of rotatable bonds is 13. The molecule has 4 aromatic rings. The molecule has 2 aromatic heterocycles. The maximum absolute atomic E-state index is 13.5. The van der Waals surface area contributed by atoms with Gasteiger partial charge in [-0.3, -0.25) is 19.2 Å². The molecule has 0 spiro atoms. The molecule has 3 heterocycles. The Morgan fingerprint density at radius 2 is 1.49 bits per heavy atom. The third-order valence-corrected chi connectivity index (χ3v) is 8.30. The molecule has 1 aliphatic heterocycles. The van der Waals surface area contributed by atoms with Gasteiger partial charge in [-0.1, -0.05) is 36.4 Å². The van der Waals surface area contributed by atoms with Crippen molar-refractivity contribution in [1.82, 2.24) is 25.5 Å². The minimum Gasteiger partial charge on any atom is -0.480 e. The van der Waals surface area contributed by atoms with Crippen molar-refractivity contribution in [2.24, 2.45) is 11.5 Å². The molecule has 4 unspecified atom stereocenters. The van der Waals surface area contributed by atoms with Gasteiger partial charge >= 0.3 is 5.97 Å². The summed E-state index contributed by atoms with van der Waals surface area (Å²) in [5.41, 5.74) is 15.0. The van der Waals surface area contributed by atoms with E-state index in [4.69, 9.17) is 11.5 Å². The fraction of sp³-hybridized carbons (Fsp3) is 0.344. The molecule has 0 bridgehead atoms. The molecule has 236 valence electrons. The molecule has 4 amide bonds. The van der Waals surface area contributed by atoms with Crippen LogP contribution >= 0.6 is 0 Å². The molecular formula is C32H37N7O6. The minimum atomic E-state index is -1.31. The standard InChI is InChI=1S/C32H37N7O6/c33-22(14-18-16-35-23-8-3-1-6-20(18)23)31(43)39-13-5-10-27(39)30(42)37-25(11-12-28(34)40)29(41)38-26(32(44)45)15-19-17-36-24-9-4-2-7-21(19)24/h1-4,6-9,16-17,22,25-27,35-36H,5,10-15,33H2,(H2,34,40)(H,37,42)(H,38,41)(H,44,45). The molecule has 13 heteroatoms. The number of hydrogen-bond acceptors (Lipinski definition) is 6. The first-order chi connectivity index (χ1) is 21.6. The van der Waals surface area contributed by atoms with Gasteiger partial charge in [-0.2, -0.15) is 0 Å². The largest absolute Gasteiger partial charge is 0.480 e. The van der Waals surface area contributed by atoms with Crippen molar-refractivity contribution >= 4 is 51.4 Å². The molecule has 9 N–H and O–H groups in total. The number of para-hydroxylation sites is 2. The van der Waals surface area contributed by atoms with E-state index in [0.29, 0.717) is 24.9 Å². The second kappa shape index (κ2) is 13.6. The highest BCUT2D eigenvalue weighted by atomic mass is 16.4. The van der Waals surface area contributed by atoms with E-state index in [9.17, 15) is 29.1 Å². The summed E-state index contributed by atoms with van der Waals surface area (Å²) in [7, 11) is 0. The predicted molar refractivity (Wildman–Crippen MR) is 167 cm³/mol. The van der Waals surface area contributed by atoms with Crippen LogP contribution in [0.3, 0.4) is 0 Å². The summed E-state index contributed by atoms with van der Waals surface area (Å²) in [5.74, 6) is -3.69. The van der Waals surface area contributed by atoms with Gasteiger partial charge in [0.25, 0.3) is 0 Å². The van der Waals surface area contributed by atoms with E-state index in [1.54, 1.807) is 6.20 Å². The number of aliphatic carboxylic acids is 1. The number of aromatic amines is 2. The van der Waals surface area contributed by atoms with Crippen molar-refractivity contribution in [3.8, 4) is 0 Å². The van der Waals surface area contributed by atoms with Crippen LogP contribution in [0, 0.1) is 0 Å². The number of amides is 4. The minimum absolute atomic E-state index is 0.0131. The van der Waals surface area contributed by atoms with Gasteiger partial charge < -0.3 is 42.1 Å². The van der Waals surface area contributed by atoms with Crippen molar-refractivity contribution in [1.29, 1.82) is 0 Å². The molecular weight excluding hydrogens is 578 g/mol. The van der Waals surface area contributed by atoms with Crippen molar-refractivity contribution < 1.29 is 29.1 Å². The molecule has 1 aliphatic rings. The van der Waals surface area contributed by atoms with Crippen LogP contribution in [0.4, 0.5) is 0 Å². The lowest BCUT2D eigenvalue weighted by Crippen LogP contribution is -2.57. The number of benzene rings is 2. The first kappa shape index (κ1) is 31.3. The van der Waals surface area contributed by atoms with Gasteiger partial charge in [0.05, 0.1) is 6.04 Å². The third kappa shape index (κ3) is 7.15. The summed E-state index contributed by atoms with van der Waals surface area (Å²) in [6.07, 6.45) is 4.32. The average molecular weight is 616 g/mol. The second-order valence-corrected chi connectivity index (χ2v) is 11.4. The Balaban J connectivity index is 1.26. The lowest BCUT2D eigenvalue weighted by Gasteiger charge is -2.28. The molecule has 0 radical (unpaired) electrons. The highest BCUT2D eigenvalue weighted by molar-refractivity contribution is 5.95. The summed E-state index contributed by atoms with van der Waals surface area (Å²) >= 11 is 0. The summed E-state index contributed by atoms with van der Waals surface area (Å²) in [5, 5.41) is 16.8. The quantitative estimate of drug-likeness (QED) is 0.116. The number of nitrogens with one attached hydrogen (secondary N) is 4. The monoisotopic (exact) mass is 615 g/mol. The van der Waals surface area contributed by atoms with Crippen LogP contribution in [0.2, 0.25) is 0 Å². The van der Waals surface area contributed by atoms with Gasteiger partial charge in [0.1, 0.15) is 18.1 Å². The normalized spacial score (nSPS) is 16.7. The molecule has 4 atom stereocenters. The highest BCUT2D eigenvalue weighted by Gasteiger charge is 2.38. The number of fused-ring (bicyclic) bond motifs is 2. The van der Waals surface area contributed by atoms with E-state index in [1.165, 1.54) is 4.90 Å². The van der Waals surface area contributed by atoms with E-state index >= 15 is 0 Å². The number of carboxylic acids is 1. The van der Waals surface area contributed by atoms with Gasteiger partial charge in [-0.05, 0) is 48.9 Å². The van der Waals surface area contributed by atoms with Gasteiger partial charge in [0.2, 0.25) is 23.6 Å². The summed E-state index contributed by atoms with van der Waals surface area (Å²) in [4.78, 5) is 71.7. The fourth-order valence-electron chi connectivity index (χ4n) is 5.96. The number of H-pyrrole nitrogens is 2. The molecule has 0 aliphatic carbocycles. The number of carbonyl (C=O) groups excluding carboxylic acids is 4. The summed E-state index contributed by atoms with van der Waals surface area (Å²) < 4.78 is 0. The molecule has 2 aromatic carbocycles. The maximum Gasteiger partial charge on any atom is 0.326 e. The predicted octanol–water partition coefficient (Wildman–Crippen LogP) is 1.07. The Morgan fingerprint density at radius 3 is 2.09 bits per heavy atom. The second-order valence-electron chi connectivity index (χ2n) is 11.4. The molecule has 13 nitrogen and oxygen atoms in total. The fourth-order valence-corrected chi connectivity index (χ4v) is 5.96. The smallest absolute Gasteiger partial charge is 0.326 e. The van der Waals surface area contributed by atoms with E-state index in [0.717, 1.165) is 27.4 Å². The van der Waals surface area contributed by atoms with Crippen molar-refractivity contribution in [3.05, 3.63) is 72.1 Å². The molecule has 1 saturated heterocycles. The van der Waals surface area contributed by atoms with Crippen LogP contribution in [0.5, 0.6) is 0 Å². The summed E-state index contributed by atoms with van der Waals surface area (Å²) in [6, 6.07) is 10.7. The van der Waals surface area contributed by atoms with Crippen LogP contribution in [-0.2, 0) is 36.8 Å². The number of likely N-dealkylation sites (tertiary alicyclic amines) is 1. The van der Waals surface area contributed by atoms with Crippen LogP contribution < -0.4 is 22.1 Å². The van der Waals surface area contributed by atoms with Gasteiger partial charge in [-0.15, -0.1) is 0 Å². The van der Waals surface area contributed by atoms with Crippen LogP contribution in [-0.4, -0.2) is 80.3 Å². The Hall–Kier alpha value is -5.17. The van der Waals surface area contributed by atoms with Crippen molar-refractivity contribution in [2.75, 3.05) is 6.54 Å². The van der Waals surface area contributed by atoms with E-state index in [-0.39, 0.29) is 31.6 Å². The Labute approximate surface area is 258 Å². The first-order valence-corrected chi connectivity index (χ1v) is 14.9. The molecule has 5 rings (SSSR count). The number of hydrogen-bond donors (Lipinski definition) is 7. The van der Waals surface area contributed by atoms with Gasteiger partial charge in [0, 0.05) is 53.6 Å². The lowest BCUT2D eigenvalue weighted by atomic mass is 10.0. The highest BCUT2D eigenvalue weighted by Crippen LogP contribution is 2.23. The number of primary amides is 1. The Morgan fingerprint density at radius 1 is 0.889 bits per heavy atom. The van der Waals surface area contributed by atoms with Crippen molar-refractivity contribution in [3.63, 3.8) is 0 Å². The Kier molecular flexibility index (Phi) is 9.48. The van der Waals surface area contributed by atoms with E-state index in [2.05, 4.69) is 20.6 Å². The number of nitrogens with zero attached hydrogens (tertiary/aromatic N) is 1. The lowest BCUT2D eigenvalue weighted by molar-refractivity contribution is -0.143. The molecule has 1 fully saturated rings. The Bertz CT molecular complexity index is 1730. The molecule has 0 saturated carbocycles. The first-order valence-electron chi connectivity index (χ1n) is 14.9. The van der Waals surface area contributed by atoms with E-state index in [1.807, 2.05) is 54.7 Å². The number of carbonyl (C=O) groups is 5. The van der Waals surface area contributed by atoms with E-state index < -0.39 is 47.9 Å². The van der Waals surface area contributed by atoms with Crippen molar-refractivity contribution in [2.45, 2.75) is 62.7 Å². The van der Waals surface area contributed by atoms with Gasteiger partial charge in [0.15, 0.2) is 0 Å². The SMILES string of the molecule is NC(=O)CCC(NC(=O)C1CCCN1C(=O)C(N)Cc1c[nH]c2ccccc12)C(=O)NC(Cc1c[nH]c2ccccc12)C(=O)O. The molecule has 45 heavy (non-hydrogen) atoms. The number of nitrogens with two attached hydrogens (primary N) is 2. The zero-order valence-corrected chi connectivity index (χ0v) is 24.6. The maximum atomic E-state index is 13.5.